The number of nitrogens with zero attached hydrogens (tertiary/aromatic N) is 3. The second-order valence-corrected chi connectivity index (χ2v) is 7.12. The molecular formula is C22H21ClN4O4. The Morgan fingerprint density at radius 2 is 1.94 bits per heavy atom. The smallest absolute Gasteiger partial charge is 0.289 e. The second kappa shape index (κ2) is 9.44. The molecular weight excluding hydrogens is 420 g/mol. The third kappa shape index (κ3) is 4.92. The van der Waals surface area contributed by atoms with E-state index in [2.05, 4.69) is 10.5 Å². The zero-order chi connectivity index (χ0) is 22.5. The molecule has 160 valence electrons. The van der Waals surface area contributed by atoms with Crippen LogP contribution in [0.4, 0.5) is 5.69 Å². The highest BCUT2D eigenvalue weighted by atomic mass is 35.5. The Hall–Kier alpha value is -3.65. The fourth-order valence-electron chi connectivity index (χ4n) is 3.19. The minimum absolute atomic E-state index is 0.0787. The fraction of sp³-hybridized carbons (Fsp3) is 0.182. The SMILES string of the molecule is CCOc1ccc(C(=O)N/N=C/c2cc(C)n(-c3ccc(Cl)c([N+](=O)[O-])c3)c2C)cc1. The number of hydrazone groups is 1. The summed E-state index contributed by atoms with van der Waals surface area (Å²) in [6, 6.07) is 13.3. The minimum Gasteiger partial charge on any atom is -0.494 e. The van der Waals surface area contributed by atoms with E-state index < -0.39 is 4.92 Å². The van der Waals surface area contributed by atoms with Crippen molar-refractivity contribution in [1.82, 2.24) is 9.99 Å². The molecule has 0 atom stereocenters. The Bertz CT molecular complexity index is 1150. The van der Waals surface area contributed by atoms with Crippen LogP contribution in [0.15, 0.2) is 53.6 Å². The first kappa shape index (κ1) is 22.0. The monoisotopic (exact) mass is 440 g/mol. The number of nitro benzene ring substituents is 1. The van der Waals surface area contributed by atoms with Gasteiger partial charge in [0.25, 0.3) is 11.6 Å². The van der Waals surface area contributed by atoms with Crippen LogP contribution in [0.2, 0.25) is 5.02 Å². The quantitative estimate of drug-likeness (QED) is 0.323. The van der Waals surface area contributed by atoms with Crippen LogP contribution < -0.4 is 10.2 Å². The Morgan fingerprint density at radius 1 is 1.23 bits per heavy atom. The number of nitrogens with one attached hydrogen (secondary N) is 1. The normalized spacial score (nSPS) is 11.0. The molecule has 0 fully saturated rings. The van der Waals surface area contributed by atoms with Crippen molar-refractivity contribution in [2.24, 2.45) is 5.10 Å². The number of hydrogen-bond acceptors (Lipinski definition) is 5. The first-order chi connectivity index (χ1) is 14.8. The van der Waals surface area contributed by atoms with E-state index in [9.17, 15) is 14.9 Å². The van der Waals surface area contributed by atoms with Gasteiger partial charge in [-0.05, 0) is 63.2 Å². The van der Waals surface area contributed by atoms with Crippen molar-refractivity contribution in [3.8, 4) is 11.4 Å². The van der Waals surface area contributed by atoms with E-state index >= 15 is 0 Å². The van der Waals surface area contributed by atoms with Crippen LogP contribution in [-0.2, 0) is 0 Å². The lowest BCUT2D eigenvalue weighted by Gasteiger charge is -2.10. The Morgan fingerprint density at radius 3 is 2.58 bits per heavy atom. The van der Waals surface area contributed by atoms with Crippen LogP contribution in [0.3, 0.4) is 0 Å². The summed E-state index contributed by atoms with van der Waals surface area (Å²) in [4.78, 5) is 23.0. The molecule has 0 unspecified atom stereocenters. The van der Waals surface area contributed by atoms with Crippen molar-refractivity contribution in [3.05, 3.63) is 86.2 Å². The number of carbonyl (C=O) groups excluding carboxylic acids is 1. The lowest BCUT2D eigenvalue weighted by atomic mass is 10.2. The van der Waals surface area contributed by atoms with Gasteiger partial charge in [0, 0.05) is 28.6 Å². The molecule has 1 amide bonds. The van der Waals surface area contributed by atoms with Gasteiger partial charge in [-0.15, -0.1) is 0 Å². The van der Waals surface area contributed by atoms with Crippen molar-refractivity contribution >= 4 is 29.4 Å². The van der Waals surface area contributed by atoms with Gasteiger partial charge in [-0.3, -0.25) is 14.9 Å². The van der Waals surface area contributed by atoms with Gasteiger partial charge in [-0.2, -0.15) is 5.10 Å². The lowest BCUT2D eigenvalue weighted by molar-refractivity contribution is -0.384. The van der Waals surface area contributed by atoms with Gasteiger partial charge in [-0.25, -0.2) is 5.43 Å². The van der Waals surface area contributed by atoms with Crippen LogP contribution in [0, 0.1) is 24.0 Å². The van der Waals surface area contributed by atoms with Crippen molar-refractivity contribution < 1.29 is 14.5 Å². The molecule has 0 spiro atoms. The molecule has 3 aromatic rings. The standard InChI is InChI=1S/C22H21ClN4O4/c1-4-31-19-8-5-16(6-9-19)22(28)25-24-13-17-11-14(2)26(15(17)3)18-7-10-20(23)21(12-18)27(29)30/h5-13H,4H2,1-3H3,(H,25,28)/b24-13+. The molecule has 0 saturated heterocycles. The summed E-state index contributed by atoms with van der Waals surface area (Å²) in [5.74, 6) is 0.346. The zero-order valence-corrected chi connectivity index (χ0v) is 18.0. The molecule has 8 nitrogen and oxygen atoms in total. The molecule has 0 aliphatic carbocycles. The van der Waals surface area contributed by atoms with Crippen molar-refractivity contribution in [1.29, 1.82) is 0 Å². The molecule has 0 bridgehead atoms. The number of halogens is 1. The minimum atomic E-state index is -0.515. The Labute approximate surface area is 184 Å². The molecule has 0 saturated carbocycles. The van der Waals surface area contributed by atoms with E-state index in [4.69, 9.17) is 16.3 Å². The van der Waals surface area contributed by atoms with Crippen LogP contribution in [-0.4, -0.2) is 28.2 Å². The molecule has 3 rings (SSSR count). The van der Waals surface area contributed by atoms with E-state index in [1.807, 2.05) is 31.4 Å². The van der Waals surface area contributed by atoms with Gasteiger partial charge in [0.2, 0.25) is 0 Å². The summed E-state index contributed by atoms with van der Waals surface area (Å²) >= 11 is 5.92. The summed E-state index contributed by atoms with van der Waals surface area (Å²) < 4.78 is 7.22. The maximum Gasteiger partial charge on any atom is 0.289 e. The van der Waals surface area contributed by atoms with Crippen LogP contribution in [0.25, 0.3) is 5.69 Å². The van der Waals surface area contributed by atoms with Gasteiger partial charge < -0.3 is 9.30 Å². The highest BCUT2D eigenvalue weighted by Crippen LogP contribution is 2.29. The predicted molar refractivity (Wildman–Crippen MR) is 120 cm³/mol. The number of rotatable bonds is 7. The molecule has 0 aliphatic heterocycles. The van der Waals surface area contributed by atoms with E-state index in [0.717, 1.165) is 17.0 Å². The molecule has 9 heteroatoms. The number of aromatic nitrogens is 1. The van der Waals surface area contributed by atoms with E-state index in [1.165, 1.54) is 18.3 Å². The second-order valence-electron chi connectivity index (χ2n) is 6.71. The molecule has 0 aliphatic rings. The number of amides is 1. The van der Waals surface area contributed by atoms with Gasteiger partial charge in [0.1, 0.15) is 10.8 Å². The van der Waals surface area contributed by atoms with Gasteiger partial charge in [-0.1, -0.05) is 11.6 Å². The summed E-state index contributed by atoms with van der Waals surface area (Å²) in [7, 11) is 0. The van der Waals surface area contributed by atoms with Crippen LogP contribution >= 0.6 is 11.6 Å². The van der Waals surface area contributed by atoms with Gasteiger partial charge >= 0.3 is 0 Å². The predicted octanol–water partition coefficient (Wildman–Crippen LogP) is 4.82. The first-order valence-corrected chi connectivity index (χ1v) is 9.89. The summed E-state index contributed by atoms with van der Waals surface area (Å²) in [6.45, 7) is 6.18. The highest BCUT2D eigenvalue weighted by molar-refractivity contribution is 6.32. The summed E-state index contributed by atoms with van der Waals surface area (Å²) in [6.07, 6.45) is 1.54. The third-order valence-corrected chi connectivity index (χ3v) is 4.97. The van der Waals surface area contributed by atoms with Gasteiger partial charge in [0.15, 0.2) is 0 Å². The molecule has 1 aromatic heterocycles. The van der Waals surface area contributed by atoms with Crippen molar-refractivity contribution in [3.63, 3.8) is 0 Å². The molecule has 1 N–H and O–H groups in total. The highest BCUT2D eigenvalue weighted by Gasteiger charge is 2.16. The van der Waals surface area contributed by atoms with E-state index in [-0.39, 0.29) is 16.6 Å². The maximum atomic E-state index is 12.3. The average Bonchev–Trinajstić information content (AvgIpc) is 3.02. The van der Waals surface area contributed by atoms with E-state index in [0.29, 0.717) is 23.6 Å². The third-order valence-electron chi connectivity index (χ3n) is 4.65. The number of nitro groups is 1. The average molecular weight is 441 g/mol. The lowest BCUT2D eigenvalue weighted by Crippen LogP contribution is -2.17. The van der Waals surface area contributed by atoms with E-state index in [1.54, 1.807) is 30.3 Å². The summed E-state index contributed by atoms with van der Waals surface area (Å²) in [5, 5.41) is 15.3. The molecule has 1 heterocycles. The zero-order valence-electron chi connectivity index (χ0n) is 17.3. The van der Waals surface area contributed by atoms with Crippen LogP contribution in [0.1, 0.15) is 34.2 Å². The van der Waals surface area contributed by atoms with Crippen LogP contribution in [0.5, 0.6) is 5.75 Å². The topological polar surface area (TPSA) is 98.8 Å². The molecule has 31 heavy (non-hydrogen) atoms. The Kier molecular flexibility index (Phi) is 6.71. The maximum absolute atomic E-state index is 12.3. The Balaban J connectivity index is 1.78. The summed E-state index contributed by atoms with van der Waals surface area (Å²) in [5.41, 5.74) is 5.84. The first-order valence-electron chi connectivity index (χ1n) is 9.51. The van der Waals surface area contributed by atoms with Crippen molar-refractivity contribution in [2.45, 2.75) is 20.8 Å². The number of aryl methyl sites for hydroxylation is 1. The number of hydrogen-bond donors (Lipinski definition) is 1. The number of ether oxygens (including phenoxy) is 1. The molecule has 2 aromatic carbocycles. The number of benzene rings is 2. The fourth-order valence-corrected chi connectivity index (χ4v) is 3.38. The molecule has 0 radical (unpaired) electrons. The largest absolute Gasteiger partial charge is 0.494 e. The van der Waals surface area contributed by atoms with Gasteiger partial charge in [0.05, 0.1) is 23.4 Å². The van der Waals surface area contributed by atoms with Crippen molar-refractivity contribution in [2.75, 3.05) is 6.61 Å². The number of carbonyl (C=O) groups is 1.